The van der Waals surface area contributed by atoms with E-state index in [1.54, 1.807) is 0 Å². The van der Waals surface area contributed by atoms with Crippen LogP contribution in [0.4, 0.5) is 0 Å². The van der Waals surface area contributed by atoms with Crippen molar-refractivity contribution in [3.05, 3.63) is 0 Å². The van der Waals surface area contributed by atoms with Crippen LogP contribution in [0, 0.1) is 5.92 Å². The van der Waals surface area contributed by atoms with Crippen molar-refractivity contribution in [3.8, 4) is 0 Å². The van der Waals surface area contributed by atoms with Crippen molar-refractivity contribution in [1.29, 1.82) is 0 Å². The van der Waals surface area contributed by atoms with Gasteiger partial charge in [-0.2, -0.15) is 0 Å². The van der Waals surface area contributed by atoms with Gasteiger partial charge in [0, 0.05) is 19.7 Å². The maximum atomic E-state index is 5.27. The molecule has 1 N–H and O–H groups in total. The fourth-order valence-corrected chi connectivity index (χ4v) is 2.54. The van der Waals surface area contributed by atoms with E-state index in [0.29, 0.717) is 6.04 Å². The molecule has 0 aromatic heterocycles. The summed E-state index contributed by atoms with van der Waals surface area (Å²) in [6.07, 6.45) is 3.93. The number of methoxy groups -OCH3 is 1. The molecule has 2 unspecified atom stereocenters. The highest BCUT2D eigenvalue weighted by molar-refractivity contribution is 4.77. The molecular formula is C13H28N2O. The molecule has 0 spiro atoms. The zero-order valence-electron chi connectivity index (χ0n) is 11.2. The largest absolute Gasteiger partial charge is 0.384 e. The Hall–Kier alpha value is -0.120. The number of hydrogen-bond donors (Lipinski definition) is 1. The van der Waals surface area contributed by atoms with E-state index >= 15 is 0 Å². The molecule has 1 rings (SSSR count). The summed E-state index contributed by atoms with van der Waals surface area (Å²) in [5.41, 5.74) is 0. The highest BCUT2D eigenvalue weighted by Crippen LogP contribution is 2.19. The van der Waals surface area contributed by atoms with Crippen molar-refractivity contribution < 1.29 is 4.74 Å². The van der Waals surface area contributed by atoms with Crippen LogP contribution in [0.15, 0.2) is 0 Å². The Morgan fingerprint density at radius 3 is 3.00 bits per heavy atom. The fourth-order valence-electron chi connectivity index (χ4n) is 2.54. The average molecular weight is 228 g/mol. The predicted molar refractivity (Wildman–Crippen MR) is 68.8 cm³/mol. The molecule has 0 saturated carbocycles. The van der Waals surface area contributed by atoms with Crippen molar-refractivity contribution in [2.24, 2.45) is 5.92 Å². The van der Waals surface area contributed by atoms with Crippen LogP contribution in [0.5, 0.6) is 0 Å². The smallest absolute Gasteiger partial charge is 0.0502 e. The van der Waals surface area contributed by atoms with Gasteiger partial charge in [-0.15, -0.1) is 0 Å². The maximum Gasteiger partial charge on any atom is 0.0502 e. The Morgan fingerprint density at radius 1 is 1.50 bits per heavy atom. The van der Waals surface area contributed by atoms with Gasteiger partial charge in [-0.25, -0.2) is 0 Å². The van der Waals surface area contributed by atoms with E-state index in [0.717, 1.165) is 25.6 Å². The second kappa shape index (κ2) is 8.04. The van der Waals surface area contributed by atoms with Crippen LogP contribution in [0.2, 0.25) is 0 Å². The van der Waals surface area contributed by atoms with Crippen molar-refractivity contribution >= 4 is 0 Å². The molecular weight excluding hydrogens is 200 g/mol. The van der Waals surface area contributed by atoms with E-state index in [-0.39, 0.29) is 0 Å². The second-order valence-corrected chi connectivity index (χ2v) is 4.95. The lowest BCUT2D eigenvalue weighted by molar-refractivity contribution is 0.0702. The summed E-state index contributed by atoms with van der Waals surface area (Å²) in [5, 5.41) is 3.40. The summed E-state index contributed by atoms with van der Waals surface area (Å²) in [4.78, 5) is 2.63. The van der Waals surface area contributed by atoms with Gasteiger partial charge in [0.25, 0.3) is 0 Å². The molecule has 2 atom stereocenters. The number of nitrogens with zero attached hydrogens (tertiary/aromatic N) is 1. The number of nitrogens with one attached hydrogen (secondary N) is 1. The third-order valence-corrected chi connectivity index (χ3v) is 3.57. The molecule has 1 saturated heterocycles. The SMILES string of the molecule is CCNCCC(C)N1CCCC(COC)C1. The van der Waals surface area contributed by atoms with E-state index in [4.69, 9.17) is 4.74 Å². The Labute approximate surface area is 101 Å². The van der Waals surface area contributed by atoms with Gasteiger partial charge >= 0.3 is 0 Å². The van der Waals surface area contributed by atoms with Gasteiger partial charge in [-0.3, -0.25) is 0 Å². The highest BCUT2D eigenvalue weighted by Gasteiger charge is 2.22. The normalized spacial score (nSPS) is 24.6. The van der Waals surface area contributed by atoms with Crippen LogP contribution in [0.25, 0.3) is 0 Å². The van der Waals surface area contributed by atoms with Gasteiger partial charge in [0.2, 0.25) is 0 Å². The molecule has 0 aromatic carbocycles. The van der Waals surface area contributed by atoms with Crippen LogP contribution < -0.4 is 5.32 Å². The lowest BCUT2D eigenvalue weighted by Gasteiger charge is -2.36. The van der Waals surface area contributed by atoms with E-state index in [2.05, 4.69) is 24.1 Å². The quantitative estimate of drug-likeness (QED) is 0.672. The Kier molecular flexibility index (Phi) is 7.01. The number of rotatable bonds is 7. The van der Waals surface area contributed by atoms with E-state index < -0.39 is 0 Å². The van der Waals surface area contributed by atoms with Crippen LogP contribution in [-0.2, 0) is 4.74 Å². The molecule has 0 aromatic rings. The van der Waals surface area contributed by atoms with Gasteiger partial charge in [-0.1, -0.05) is 6.92 Å². The van der Waals surface area contributed by atoms with Crippen molar-refractivity contribution in [1.82, 2.24) is 10.2 Å². The molecule has 1 fully saturated rings. The predicted octanol–water partition coefficient (Wildman–Crippen LogP) is 1.73. The number of piperidine rings is 1. The number of hydrogen-bond acceptors (Lipinski definition) is 3. The van der Waals surface area contributed by atoms with E-state index in [1.165, 1.54) is 32.4 Å². The van der Waals surface area contributed by atoms with Crippen molar-refractivity contribution in [2.45, 2.75) is 39.2 Å². The van der Waals surface area contributed by atoms with Gasteiger partial charge in [-0.05, 0) is 51.7 Å². The molecule has 1 aliphatic rings. The third-order valence-electron chi connectivity index (χ3n) is 3.57. The molecule has 0 aliphatic carbocycles. The molecule has 0 radical (unpaired) electrons. The Balaban J connectivity index is 2.23. The van der Waals surface area contributed by atoms with Gasteiger partial charge < -0.3 is 15.0 Å². The molecule has 0 bridgehead atoms. The summed E-state index contributed by atoms with van der Waals surface area (Å²) >= 11 is 0. The highest BCUT2D eigenvalue weighted by atomic mass is 16.5. The zero-order valence-corrected chi connectivity index (χ0v) is 11.2. The summed E-state index contributed by atoms with van der Waals surface area (Å²) < 4.78 is 5.27. The average Bonchev–Trinajstić information content (AvgIpc) is 2.30. The van der Waals surface area contributed by atoms with E-state index in [9.17, 15) is 0 Å². The third kappa shape index (κ3) is 4.81. The number of likely N-dealkylation sites (tertiary alicyclic amines) is 1. The van der Waals surface area contributed by atoms with Gasteiger partial charge in [0.1, 0.15) is 0 Å². The van der Waals surface area contributed by atoms with Crippen LogP contribution in [-0.4, -0.2) is 50.8 Å². The maximum absolute atomic E-state index is 5.27. The van der Waals surface area contributed by atoms with Gasteiger partial charge in [0.15, 0.2) is 0 Å². The summed E-state index contributed by atoms with van der Waals surface area (Å²) in [6, 6.07) is 0.707. The summed E-state index contributed by atoms with van der Waals surface area (Å²) in [5.74, 6) is 0.750. The van der Waals surface area contributed by atoms with Crippen LogP contribution >= 0.6 is 0 Å². The minimum Gasteiger partial charge on any atom is -0.384 e. The minimum absolute atomic E-state index is 0.707. The Bertz CT molecular complexity index is 173. The first-order chi connectivity index (χ1) is 7.77. The fraction of sp³-hybridized carbons (Fsp3) is 1.00. The lowest BCUT2D eigenvalue weighted by Crippen LogP contribution is -2.43. The molecule has 3 heteroatoms. The Morgan fingerprint density at radius 2 is 2.31 bits per heavy atom. The number of ether oxygens (including phenoxy) is 1. The molecule has 96 valence electrons. The van der Waals surface area contributed by atoms with E-state index in [1.807, 2.05) is 7.11 Å². The molecule has 1 aliphatic heterocycles. The summed E-state index contributed by atoms with van der Waals surface area (Å²) in [6.45, 7) is 10.2. The zero-order chi connectivity index (χ0) is 11.8. The standard InChI is InChI=1S/C13H28N2O/c1-4-14-8-7-12(2)15-9-5-6-13(10-15)11-16-3/h12-14H,4-11H2,1-3H3. The second-order valence-electron chi connectivity index (χ2n) is 4.95. The lowest BCUT2D eigenvalue weighted by atomic mass is 9.97. The minimum atomic E-state index is 0.707. The van der Waals surface area contributed by atoms with Crippen LogP contribution in [0.1, 0.15) is 33.1 Å². The first-order valence-corrected chi connectivity index (χ1v) is 6.71. The first-order valence-electron chi connectivity index (χ1n) is 6.71. The molecule has 1 heterocycles. The molecule has 3 nitrogen and oxygen atoms in total. The summed E-state index contributed by atoms with van der Waals surface area (Å²) in [7, 11) is 1.81. The topological polar surface area (TPSA) is 24.5 Å². The monoisotopic (exact) mass is 228 g/mol. The van der Waals surface area contributed by atoms with Crippen molar-refractivity contribution in [2.75, 3.05) is 39.9 Å². The molecule has 16 heavy (non-hydrogen) atoms. The van der Waals surface area contributed by atoms with Gasteiger partial charge in [0.05, 0.1) is 6.61 Å². The first kappa shape index (κ1) is 13.9. The van der Waals surface area contributed by atoms with Crippen LogP contribution in [0.3, 0.4) is 0 Å². The molecule has 0 amide bonds. The van der Waals surface area contributed by atoms with Crippen molar-refractivity contribution in [3.63, 3.8) is 0 Å².